The van der Waals surface area contributed by atoms with Crippen molar-refractivity contribution >= 4 is 38.6 Å². The third-order valence-corrected chi connectivity index (χ3v) is 10.2. The summed E-state index contributed by atoms with van der Waals surface area (Å²) < 4.78 is 0. The highest BCUT2D eigenvalue weighted by atomic mass is 15.1. The first kappa shape index (κ1) is 28.3. The van der Waals surface area contributed by atoms with Crippen molar-refractivity contribution in [1.82, 2.24) is 0 Å². The van der Waals surface area contributed by atoms with Gasteiger partial charge in [0.15, 0.2) is 0 Å². The zero-order valence-electron chi connectivity index (χ0n) is 27.2. The molecule has 0 radical (unpaired) electrons. The second kappa shape index (κ2) is 11.1. The van der Waals surface area contributed by atoms with E-state index in [0.29, 0.717) is 0 Å². The van der Waals surface area contributed by atoms with Crippen molar-refractivity contribution in [2.24, 2.45) is 0 Å². The molecule has 9 rings (SSSR count). The van der Waals surface area contributed by atoms with Gasteiger partial charge in [-0.2, -0.15) is 0 Å². The van der Waals surface area contributed by atoms with Gasteiger partial charge in [0.2, 0.25) is 0 Å². The summed E-state index contributed by atoms with van der Waals surface area (Å²) in [6, 6.07) is 64.2. The summed E-state index contributed by atoms with van der Waals surface area (Å²) in [5.74, 6) is 0. The Balaban J connectivity index is 1.24. The number of hydrogen-bond acceptors (Lipinski definition) is 1. The molecule has 0 N–H and O–H groups in total. The molecule has 0 unspecified atom stereocenters. The smallest absolute Gasteiger partial charge is 0.0467 e. The van der Waals surface area contributed by atoms with E-state index < -0.39 is 0 Å². The van der Waals surface area contributed by atoms with Crippen LogP contribution in [0.4, 0.5) is 17.1 Å². The fourth-order valence-electron chi connectivity index (χ4n) is 7.95. The summed E-state index contributed by atoms with van der Waals surface area (Å²) in [7, 11) is 0. The number of hydrogen-bond donors (Lipinski definition) is 0. The van der Waals surface area contributed by atoms with Crippen LogP contribution in [0, 0.1) is 0 Å². The fourth-order valence-corrected chi connectivity index (χ4v) is 7.95. The van der Waals surface area contributed by atoms with Gasteiger partial charge in [0.25, 0.3) is 0 Å². The highest BCUT2D eigenvalue weighted by molar-refractivity contribution is 6.18. The van der Waals surface area contributed by atoms with E-state index in [0.717, 1.165) is 17.1 Å². The lowest BCUT2D eigenvalue weighted by Gasteiger charge is -2.29. The van der Waals surface area contributed by atoms with Crippen LogP contribution in [0.25, 0.3) is 54.9 Å². The number of nitrogens with zero attached hydrogens (tertiary/aromatic N) is 1. The van der Waals surface area contributed by atoms with Crippen LogP contribution < -0.4 is 4.90 Å². The molecular weight excluding hydrogens is 579 g/mol. The van der Waals surface area contributed by atoms with Crippen molar-refractivity contribution in [3.05, 3.63) is 187 Å². The Kier molecular flexibility index (Phi) is 6.55. The van der Waals surface area contributed by atoms with Gasteiger partial charge in [0.1, 0.15) is 0 Å². The SMILES string of the molecule is CC1(C)c2cc(N(c3ccc(-c4ccccc4)cc3)c3cccc(-c4ccccc4)c3)ccc2-c2c1c1ccccc1c1ccccc21. The van der Waals surface area contributed by atoms with Gasteiger partial charge in [-0.1, -0.05) is 153 Å². The Bertz CT molecular complexity index is 2460. The quantitative estimate of drug-likeness (QED) is 0.175. The molecule has 0 heterocycles. The Morgan fingerprint density at radius 1 is 0.375 bits per heavy atom. The Morgan fingerprint density at radius 2 is 0.875 bits per heavy atom. The zero-order chi connectivity index (χ0) is 32.2. The second-order valence-electron chi connectivity index (χ2n) is 13.4. The standard InChI is InChI=1S/C47H35N/c1-47(2)44-31-38(28-29-43(44)45-41-22-11-9-20-39(41)40-21-10-12-23-42(40)46(45)47)48(36-26-24-34(25-27-36)32-14-5-3-6-15-32)37-19-13-18-35(30-37)33-16-7-4-8-17-33/h3-31H,1-2H3. The molecule has 0 atom stereocenters. The molecule has 48 heavy (non-hydrogen) atoms. The van der Waals surface area contributed by atoms with Gasteiger partial charge >= 0.3 is 0 Å². The first-order valence-electron chi connectivity index (χ1n) is 16.8. The maximum Gasteiger partial charge on any atom is 0.0467 e. The summed E-state index contributed by atoms with van der Waals surface area (Å²) in [6.45, 7) is 4.80. The van der Waals surface area contributed by atoms with E-state index in [1.807, 2.05) is 0 Å². The lowest BCUT2D eigenvalue weighted by Crippen LogP contribution is -2.17. The van der Waals surface area contributed by atoms with Gasteiger partial charge < -0.3 is 4.90 Å². The molecule has 1 aliphatic rings. The Hall–Kier alpha value is -5.92. The van der Waals surface area contributed by atoms with E-state index in [4.69, 9.17) is 0 Å². The van der Waals surface area contributed by atoms with E-state index in [1.165, 1.54) is 66.1 Å². The van der Waals surface area contributed by atoms with Gasteiger partial charge in [0, 0.05) is 22.5 Å². The van der Waals surface area contributed by atoms with E-state index in [1.54, 1.807) is 0 Å². The zero-order valence-corrected chi connectivity index (χ0v) is 27.2. The van der Waals surface area contributed by atoms with Gasteiger partial charge in [-0.15, -0.1) is 0 Å². The largest absolute Gasteiger partial charge is 0.310 e. The van der Waals surface area contributed by atoms with Gasteiger partial charge in [-0.25, -0.2) is 0 Å². The molecule has 0 saturated heterocycles. The number of rotatable bonds is 5. The van der Waals surface area contributed by atoms with Crippen molar-refractivity contribution in [2.75, 3.05) is 4.90 Å². The molecule has 0 aromatic heterocycles. The summed E-state index contributed by atoms with van der Waals surface area (Å²) in [5.41, 5.74) is 13.6. The predicted molar refractivity (Wildman–Crippen MR) is 205 cm³/mol. The van der Waals surface area contributed by atoms with Crippen molar-refractivity contribution in [3.63, 3.8) is 0 Å². The molecule has 0 saturated carbocycles. The highest BCUT2D eigenvalue weighted by Gasteiger charge is 2.39. The molecule has 0 fully saturated rings. The molecule has 0 amide bonds. The van der Waals surface area contributed by atoms with Crippen LogP contribution in [0.15, 0.2) is 176 Å². The van der Waals surface area contributed by atoms with Crippen LogP contribution in [0.2, 0.25) is 0 Å². The molecule has 8 aromatic rings. The fraction of sp³-hybridized carbons (Fsp3) is 0.0638. The van der Waals surface area contributed by atoms with Crippen LogP contribution >= 0.6 is 0 Å². The molecule has 8 aromatic carbocycles. The molecular formula is C47H35N. The molecule has 0 spiro atoms. The van der Waals surface area contributed by atoms with Gasteiger partial charge in [-0.05, 0) is 102 Å². The number of anilines is 3. The number of fused-ring (bicyclic) bond motifs is 8. The first-order valence-corrected chi connectivity index (χ1v) is 16.8. The van der Waals surface area contributed by atoms with Crippen LogP contribution in [0.1, 0.15) is 25.0 Å². The first-order chi connectivity index (χ1) is 23.6. The molecule has 0 aliphatic heterocycles. The highest BCUT2D eigenvalue weighted by Crippen LogP contribution is 2.55. The van der Waals surface area contributed by atoms with Crippen LogP contribution in [-0.4, -0.2) is 0 Å². The van der Waals surface area contributed by atoms with Gasteiger partial charge in [0.05, 0.1) is 0 Å². The van der Waals surface area contributed by atoms with Crippen LogP contribution in [0.3, 0.4) is 0 Å². The lowest BCUT2D eigenvalue weighted by molar-refractivity contribution is 0.666. The minimum atomic E-state index is -0.182. The van der Waals surface area contributed by atoms with Crippen molar-refractivity contribution in [3.8, 4) is 33.4 Å². The van der Waals surface area contributed by atoms with Crippen molar-refractivity contribution in [1.29, 1.82) is 0 Å². The average molecular weight is 614 g/mol. The average Bonchev–Trinajstić information content (AvgIpc) is 3.39. The minimum Gasteiger partial charge on any atom is -0.310 e. The normalized spacial score (nSPS) is 13.0. The summed E-state index contributed by atoms with van der Waals surface area (Å²) >= 11 is 0. The molecule has 1 nitrogen and oxygen atoms in total. The lowest BCUT2D eigenvalue weighted by atomic mass is 9.79. The third kappa shape index (κ3) is 4.47. The molecule has 1 heteroatoms. The third-order valence-electron chi connectivity index (χ3n) is 10.2. The maximum atomic E-state index is 2.44. The topological polar surface area (TPSA) is 3.24 Å². The van der Waals surface area contributed by atoms with Gasteiger partial charge in [-0.3, -0.25) is 0 Å². The summed E-state index contributed by atoms with van der Waals surface area (Å²) in [6.07, 6.45) is 0. The van der Waals surface area contributed by atoms with E-state index >= 15 is 0 Å². The van der Waals surface area contributed by atoms with E-state index in [2.05, 4.69) is 195 Å². The second-order valence-corrected chi connectivity index (χ2v) is 13.4. The summed E-state index contributed by atoms with van der Waals surface area (Å²) in [4.78, 5) is 2.41. The van der Waals surface area contributed by atoms with E-state index in [-0.39, 0.29) is 5.41 Å². The Morgan fingerprint density at radius 3 is 1.56 bits per heavy atom. The monoisotopic (exact) mass is 613 g/mol. The summed E-state index contributed by atoms with van der Waals surface area (Å²) in [5, 5.41) is 5.32. The predicted octanol–water partition coefficient (Wildman–Crippen LogP) is 13.1. The molecule has 228 valence electrons. The van der Waals surface area contributed by atoms with Crippen molar-refractivity contribution in [2.45, 2.75) is 19.3 Å². The molecule has 1 aliphatic carbocycles. The van der Waals surface area contributed by atoms with Crippen LogP contribution in [0.5, 0.6) is 0 Å². The van der Waals surface area contributed by atoms with Crippen molar-refractivity contribution < 1.29 is 0 Å². The van der Waals surface area contributed by atoms with E-state index in [9.17, 15) is 0 Å². The number of benzene rings is 8. The minimum absolute atomic E-state index is 0.182. The molecule has 0 bridgehead atoms. The van der Waals surface area contributed by atoms with Crippen LogP contribution in [-0.2, 0) is 5.41 Å². The maximum absolute atomic E-state index is 2.44. The Labute approximate surface area is 282 Å².